The van der Waals surface area contributed by atoms with Crippen LogP contribution in [-0.4, -0.2) is 61.6 Å². The van der Waals surface area contributed by atoms with Crippen LogP contribution in [-0.2, 0) is 31.9 Å². The molecule has 43 heavy (non-hydrogen) atoms. The number of nitrogens with zero attached hydrogens (tertiary/aromatic N) is 4. The molecule has 0 bridgehead atoms. The van der Waals surface area contributed by atoms with Crippen molar-refractivity contribution in [3.05, 3.63) is 60.2 Å². The van der Waals surface area contributed by atoms with Crippen LogP contribution in [0.1, 0.15) is 18.9 Å². The number of sulfone groups is 1. The van der Waals surface area contributed by atoms with Gasteiger partial charge in [0.15, 0.2) is 15.7 Å². The van der Waals surface area contributed by atoms with Gasteiger partial charge in [-0.2, -0.15) is 22.5 Å². The average molecular weight is 635 g/mol. The number of anilines is 2. The zero-order valence-electron chi connectivity index (χ0n) is 23.7. The zero-order valence-corrected chi connectivity index (χ0v) is 25.3. The number of ether oxygens (including phenoxy) is 1. The zero-order chi connectivity index (χ0) is 31.4. The van der Waals surface area contributed by atoms with Gasteiger partial charge in [-0.05, 0) is 54.3 Å². The average Bonchev–Trinajstić information content (AvgIpc) is 2.97. The van der Waals surface area contributed by atoms with Crippen molar-refractivity contribution >= 4 is 49.2 Å². The van der Waals surface area contributed by atoms with Gasteiger partial charge in [0.05, 0.1) is 18.3 Å². The number of carbonyl (C=O) groups excluding carboxylic acids is 1. The molecule has 4 aromatic rings. The van der Waals surface area contributed by atoms with Crippen LogP contribution < -0.4 is 15.4 Å². The normalized spacial score (nSPS) is 12.7. The number of aromatic nitrogens is 3. The molecule has 0 aliphatic carbocycles. The summed E-state index contributed by atoms with van der Waals surface area (Å²) in [7, 11) is -2.87. The second-order valence-corrected chi connectivity index (χ2v) is 13.0. The number of hydrogen-bond donors (Lipinski definition) is 2. The summed E-state index contributed by atoms with van der Waals surface area (Å²) in [5.74, 6) is -0.0662. The summed E-state index contributed by atoms with van der Waals surface area (Å²) in [6.07, 6.45) is -1.27. The highest BCUT2D eigenvalue weighted by Crippen LogP contribution is 2.31. The van der Waals surface area contributed by atoms with E-state index in [2.05, 4.69) is 29.9 Å². The predicted molar refractivity (Wildman–Crippen MR) is 160 cm³/mol. The Balaban J connectivity index is 1.65. The van der Waals surface area contributed by atoms with E-state index in [1.807, 2.05) is 30.5 Å². The lowest BCUT2D eigenvalue weighted by atomic mass is 10.1. The van der Waals surface area contributed by atoms with Crippen LogP contribution in [0.3, 0.4) is 0 Å². The van der Waals surface area contributed by atoms with Gasteiger partial charge in [0.25, 0.3) is 5.91 Å². The molecular formula is C28H29F3N6O4S2. The van der Waals surface area contributed by atoms with Crippen LogP contribution in [0.4, 0.5) is 24.9 Å². The fourth-order valence-corrected chi connectivity index (χ4v) is 5.87. The summed E-state index contributed by atoms with van der Waals surface area (Å²) in [5.41, 5.74) is 1.92. The van der Waals surface area contributed by atoms with Crippen LogP contribution in [0.25, 0.3) is 22.3 Å². The van der Waals surface area contributed by atoms with Crippen molar-refractivity contribution in [3.8, 4) is 17.0 Å². The van der Waals surface area contributed by atoms with Crippen LogP contribution >= 0.6 is 0 Å². The quantitative estimate of drug-likeness (QED) is 0.235. The Hall–Kier alpha value is -4.11. The largest absolute Gasteiger partial charge is 0.495 e. The Kier molecular flexibility index (Phi) is 9.65. The topological polar surface area (TPSA) is 136 Å². The second-order valence-electron chi connectivity index (χ2n) is 9.38. The van der Waals surface area contributed by atoms with Crippen molar-refractivity contribution in [1.82, 2.24) is 15.0 Å². The summed E-state index contributed by atoms with van der Waals surface area (Å²) in [4.78, 5) is 25.7. The van der Waals surface area contributed by atoms with E-state index < -0.39 is 33.2 Å². The fraction of sp³-hybridized carbons (Fsp3) is 0.286. The SMILES string of the molecule is CCC(=O)N=S(C)c1ccc(CNc2nc(NCC(F)(F)F)c3nc(-c4ccc(OC)c(S(C)(=O)=O)c4)ccc3n2)cc1. The Morgan fingerprint density at radius 2 is 1.74 bits per heavy atom. The number of alkyl halides is 3. The highest BCUT2D eigenvalue weighted by Gasteiger charge is 2.27. The first-order valence-electron chi connectivity index (χ1n) is 12.9. The molecule has 0 saturated carbocycles. The molecule has 228 valence electrons. The molecule has 15 heteroatoms. The lowest BCUT2D eigenvalue weighted by molar-refractivity contribution is -0.117. The Morgan fingerprint density at radius 3 is 2.37 bits per heavy atom. The molecule has 2 aromatic heterocycles. The van der Waals surface area contributed by atoms with E-state index in [-0.39, 0.29) is 45.9 Å². The number of fused-ring (bicyclic) bond motifs is 1. The number of rotatable bonds is 10. The number of halogens is 3. The summed E-state index contributed by atoms with van der Waals surface area (Å²) < 4.78 is 73.2. The summed E-state index contributed by atoms with van der Waals surface area (Å²) in [6.45, 7) is 0.680. The van der Waals surface area contributed by atoms with Gasteiger partial charge < -0.3 is 15.4 Å². The van der Waals surface area contributed by atoms with Gasteiger partial charge in [-0.1, -0.05) is 29.7 Å². The Bertz CT molecular complexity index is 1800. The van der Waals surface area contributed by atoms with Gasteiger partial charge in [0.2, 0.25) is 5.95 Å². The molecule has 2 aromatic carbocycles. The van der Waals surface area contributed by atoms with Gasteiger partial charge in [-0.3, -0.25) is 4.79 Å². The van der Waals surface area contributed by atoms with Gasteiger partial charge in [0, 0.05) is 29.7 Å². The maximum absolute atomic E-state index is 13.1. The third-order valence-electron chi connectivity index (χ3n) is 6.11. The smallest absolute Gasteiger partial charge is 0.405 e. The highest BCUT2D eigenvalue weighted by atomic mass is 32.2. The van der Waals surface area contributed by atoms with Crippen molar-refractivity contribution < 1.29 is 31.1 Å². The van der Waals surface area contributed by atoms with Crippen molar-refractivity contribution in [1.29, 1.82) is 0 Å². The molecule has 0 aliphatic rings. The van der Waals surface area contributed by atoms with E-state index in [9.17, 15) is 26.4 Å². The maximum Gasteiger partial charge on any atom is 0.405 e. The minimum Gasteiger partial charge on any atom is -0.495 e. The van der Waals surface area contributed by atoms with Crippen molar-refractivity contribution in [2.45, 2.75) is 35.9 Å². The molecule has 1 atom stereocenters. The summed E-state index contributed by atoms with van der Waals surface area (Å²) in [5, 5.41) is 5.34. The molecule has 2 N–H and O–H groups in total. The van der Waals surface area contributed by atoms with Gasteiger partial charge in [-0.25, -0.2) is 18.4 Å². The van der Waals surface area contributed by atoms with E-state index >= 15 is 0 Å². The van der Waals surface area contributed by atoms with E-state index in [1.54, 1.807) is 25.1 Å². The predicted octanol–water partition coefficient (Wildman–Crippen LogP) is 5.42. The molecule has 0 radical (unpaired) electrons. The number of pyridine rings is 1. The molecule has 1 unspecified atom stereocenters. The van der Waals surface area contributed by atoms with Crippen LogP contribution in [0, 0.1) is 0 Å². The summed E-state index contributed by atoms with van der Waals surface area (Å²) >= 11 is 0. The molecule has 0 spiro atoms. The number of amides is 1. The third kappa shape index (κ3) is 8.26. The third-order valence-corrected chi connectivity index (χ3v) is 8.66. The number of benzene rings is 2. The number of methoxy groups -OCH3 is 1. The Morgan fingerprint density at radius 1 is 1.02 bits per heavy atom. The van der Waals surface area contributed by atoms with Crippen LogP contribution in [0.5, 0.6) is 5.75 Å². The van der Waals surface area contributed by atoms with Gasteiger partial charge >= 0.3 is 6.18 Å². The first-order chi connectivity index (χ1) is 20.3. The van der Waals surface area contributed by atoms with Crippen LogP contribution in [0.15, 0.2) is 68.8 Å². The molecule has 10 nitrogen and oxygen atoms in total. The number of nitrogens with one attached hydrogen (secondary N) is 2. The van der Waals surface area contributed by atoms with E-state index in [0.29, 0.717) is 17.7 Å². The lowest BCUT2D eigenvalue weighted by Gasteiger charge is -2.14. The molecule has 0 saturated heterocycles. The van der Waals surface area contributed by atoms with Crippen molar-refractivity contribution in [2.75, 3.05) is 36.8 Å². The number of hydrogen-bond acceptors (Lipinski definition) is 9. The lowest BCUT2D eigenvalue weighted by Crippen LogP contribution is -2.22. The summed E-state index contributed by atoms with van der Waals surface area (Å²) in [6, 6.07) is 15.1. The molecule has 0 fully saturated rings. The van der Waals surface area contributed by atoms with Gasteiger partial charge in [0.1, 0.15) is 22.7 Å². The molecule has 0 aliphatic heterocycles. The Labute approximate surface area is 249 Å². The minimum absolute atomic E-state index is 0.0487. The van der Waals surface area contributed by atoms with Crippen molar-refractivity contribution in [3.63, 3.8) is 0 Å². The maximum atomic E-state index is 13.1. The molecule has 4 rings (SSSR count). The molecule has 2 heterocycles. The first kappa shape index (κ1) is 31.8. The first-order valence-corrected chi connectivity index (χ1v) is 16.4. The monoisotopic (exact) mass is 634 g/mol. The van der Waals surface area contributed by atoms with Crippen molar-refractivity contribution in [2.24, 2.45) is 4.36 Å². The molecule has 1 amide bonds. The highest BCUT2D eigenvalue weighted by molar-refractivity contribution is 7.90. The van der Waals surface area contributed by atoms with E-state index in [1.165, 1.54) is 19.2 Å². The second kappa shape index (κ2) is 13.0. The molecular weight excluding hydrogens is 605 g/mol. The van der Waals surface area contributed by atoms with Gasteiger partial charge in [-0.15, -0.1) is 0 Å². The minimum atomic E-state index is -4.52. The van der Waals surface area contributed by atoms with E-state index in [4.69, 9.17) is 4.74 Å². The fourth-order valence-electron chi connectivity index (χ4n) is 3.94. The number of carbonyl (C=O) groups is 1. The standard InChI is InChI=1S/C28H29F3N6O4S2/c1-5-24(38)37-42(3)19-9-6-17(7-10-19)15-32-27-35-21-12-11-20(34-25(21)26(36-27)33-16-28(29,30)31)18-8-13-22(41-2)23(14-18)43(4,39)40/h6-14H,5,15-16H2,1-4H3,(H2,32,33,35,36). The van der Waals surface area contributed by atoms with E-state index in [0.717, 1.165) is 16.7 Å². The van der Waals surface area contributed by atoms with Crippen LogP contribution in [0.2, 0.25) is 0 Å².